The van der Waals surface area contributed by atoms with Crippen LogP contribution in [0, 0.1) is 0 Å². The molecule has 7 nitrogen and oxygen atoms in total. The quantitative estimate of drug-likeness (QED) is 0.795. The molecule has 1 aromatic rings. The van der Waals surface area contributed by atoms with Crippen LogP contribution in [-0.2, 0) is 9.53 Å². The molecule has 2 saturated heterocycles. The van der Waals surface area contributed by atoms with E-state index in [-0.39, 0.29) is 17.7 Å². The van der Waals surface area contributed by atoms with Crippen LogP contribution < -0.4 is 0 Å². The van der Waals surface area contributed by atoms with Crippen molar-refractivity contribution >= 4 is 11.8 Å². The molecule has 26 heavy (non-hydrogen) atoms. The Labute approximate surface area is 154 Å². The predicted molar refractivity (Wildman–Crippen MR) is 98.1 cm³/mol. The van der Waals surface area contributed by atoms with Gasteiger partial charge in [0.25, 0.3) is 5.91 Å². The number of likely N-dealkylation sites (tertiary alicyclic amines) is 1. The maximum atomic E-state index is 12.7. The SMILES string of the molecule is CN(C)C(=O)CN1CCCC(c2cccc(C(=O)N3CCOCC3)n2)C1. The molecule has 142 valence electrons. The fraction of sp³-hybridized carbons (Fsp3) is 0.632. The molecule has 0 spiro atoms. The Balaban J connectivity index is 1.67. The Hall–Kier alpha value is -1.99. The van der Waals surface area contributed by atoms with E-state index in [1.165, 1.54) is 0 Å². The van der Waals surface area contributed by atoms with Gasteiger partial charge >= 0.3 is 0 Å². The molecular weight excluding hydrogens is 332 g/mol. The molecule has 0 saturated carbocycles. The van der Waals surface area contributed by atoms with E-state index in [0.29, 0.717) is 38.5 Å². The number of aromatic nitrogens is 1. The monoisotopic (exact) mass is 360 g/mol. The lowest BCUT2D eigenvalue weighted by Gasteiger charge is -2.32. The zero-order chi connectivity index (χ0) is 18.5. The number of hydrogen-bond donors (Lipinski definition) is 0. The van der Waals surface area contributed by atoms with Gasteiger partial charge in [-0.1, -0.05) is 6.07 Å². The maximum absolute atomic E-state index is 12.7. The second-order valence-electron chi connectivity index (χ2n) is 7.21. The highest BCUT2D eigenvalue weighted by molar-refractivity contribution is 5.92. The van der Waals surface area contributed by atoms with Crippen LogP contribution in [0.25, 0.3) is 0 Å². The first-order valence-electron chi connectivity index (χ1n) is 9.31. The molecule has 2 amide bonds. The van der Waals surface area contributed by atoms with Gasteiger partial charge in [0, 0.05) is 45.3 Å². The van der Waals surface area contributed by atoms with Gasteiger partial charge in [0.05, 0.1) is 19.8 Å². The van der Waals surface area contributed by atoms with E-state index in [0.717, 1.165) is 31.6 Å². The van der Waals surface area contributed by atoms with Crippen molar-refractivity contribution in [3.05, 3.63) is 29.6 Å². The Morgan fingerprint density at radius 2 is 2.00 bits per heavy atom. The molecule has 0 radical (unpaired) electrons. The van der Waals surface area contributed by atoms with E-state index < -0.39 is 0 Å². The Bertz CT molecular complexity index is 643. The number of amides is 2. The van der Waals surface area contributed by atoms with Crippen molar-refractivity contribution < 1.29 is 14.3 Å². The number of pyridine rings is 1. The lowest BCUT2D eigenvalue weighted by atomic mass is 9.94. The molecule has 0 aromatic carbocycles. The summed E-state index contributed by atoms with van der Waals surface area (Å²) in [7, 11) is 3.57. The molecule has 2 aliphatic rings. The predicted octanol–water partition coefficient (Wildman–Crippen LogP) is 0.822. The van der Waals surface area contributed by atoms with Crippen molar-refractivity contribution in [2.45, 2.75) is 18.8 Å². The van der Waals surface area contributed by atoms with Gasteiger partial charge in [-0.3, -0.25) is 14.5 Å². The van der Waals surface area contributed by atoms with Crippen molar-refractivity contribution in [3.63, 3.8) is 0 Å². The standard InChI is InChI=1S/C19H28N4O3/c1-21(2)18(24)14-22-8-4-5-15(13-22)16-6-3-7-17(20-16)19(25)23-9-11-26-12-10-23/h3,6-7,15H,4-5,8-14H2,1-2H3. The number of nitrogens with zero attached hydrogens (tertiary/aromatic N) is 4. The summed E-state index contributed by atoms with van der Waals surface area (Å²) >= 11 is 0. The number of carbonyl (C=O) groups is 2. The van der Waals surface area contributed by atoms with E-state index in [9.17, 15) is 9.59 Å². The van der Waals surface area contributed by atoms with E-state index in [2.05, 4.69) is 9.88 Å². The molecule has 2 aliphatic heterocycles. The summed E-state index contributed by atoms with van der Waals surface area (Å²) in [4.78, 5) is 34.9. The average molecular weight is 360 g/mol. The molecule has 1 unspecified atom stereocenters. The highest BCUT2D eigenvalue weighted by Gasteiger charge is 2.26. The first-order chi connectivity index (χ1) is 12.5. The summed E-state index contributed by atoms with van der Waals surface area (Å²) in [5, 5.41) is 0. The highest BCUT2D eigenvalue weighted by Crippen LogP contribution is 2.26. The van der Waals surface area contributed by atoms with Gasteiger partial charge in [-0.15, -0.1) is 0 Å². The van der Waals surface area contributed by atoms with Gasteiger partial charge in [-0.25, -0.2) is 4.98 Å². The van der Waals surface area contributed by atoms with Gasteiger partial charge in [-0.2, -0.15) is 0 Å². The van der Waals surface area contributed by atoms with Crippen LogP contribution in [0.15, 0.2) is 18.2 Å². The second-order valence-corrected chi connectivity index (χ2v) is 7.21. The van der Waals surface area contributed by atoms with Crippen LogP contribution in [0.1, 0.15) is 34.9 Å². The number of likely N-dealkylation sites (N-methyl/N-ethyl adjacent to an activating group) is 1. The molecular formula is C19H28N4O3. The van der Waals surface area contributed by atoms with Gasteiger partial charge < -0.3 is 14.5 Å². The number of morpholine rings is 1. The zero-order valence-corrected chi connectivity index (χ0v) is 15.7. The third-order valence-corrected chi connectivity index (χ3v) is 5.07. The first-order valence-corrected chi connectivity index (χ1v) is 9.31. The summed E-state index contributed by atoms with van der Waals surface area (Å²) in [6.45, 7) is 4.59. The van der Waals surface area contributed by atoms with Crippen LogP contribution in [-0.4, -0.2) is 91.5 Å². The van der Waals surface area contributed by atoms with Crippen LogP contribution in [0.5, 0.6) is 0 Å². The van der Waals surface area contributed by atoms with Crippen molar-refractivity contribution in [2.24, 2.45) is 0 Å². The van der Waals surface area contributed by atoms with Crippen molar-refractivity contribution in [1.29, 1.82) is 0 Å². The van der Waals surface area contributed by atoms with Crippen molar-refractivity contribution in [2.75, 3.05) is 60.0 Å². The maximum Gasteiger partial charge on any atom is 0.272 e. The smallest absolute Gasteiger partial charge is 0.272 e. The zero-order valence-electron chi connectivity index (χ0n) is 15.7. The van der Waals surface area contributed by atoms with Gasteiger partial charge in [0.15, 0.2) is 0 Å². The summed E-state index contributed by atoms with van der Waals surface area (Å²) in [6.07, 6.45) is 2.07. The summed E-state index contributed by atoms with van der Waals surface area (Å²) in [5.41, 5.74) is 1.46. The molecule has 0 bridgehead atoms. The topological polar surface area (TPSA) is 66.0 Å². The third kappa shape index (κ3) is 4.59. The van der Waals surface area contributed by atoms with Gasteiger partial charge in [-0.05, 0) is 31.5 Å². The molecule has 3 rings (SSSR count). The number of rotatable bonds is 4. The summed E-state index contributed by atoms with van der Waals surface area (Å²) in [6, 6.07) is 5.70. The third-order valence-electron chi connectivity index (χ3n) is 5.07. The minimum atomic E-state index is -0.0226. The van der Waals surface area contributed by atoms with Gasteiger partial charge in [0.2, 0.25) is 5.91 Å². The Morgan fingerprint density at radius 1 is 1.23 bits per heavy atom. The number of piperidine rings is 1. The molecule has 3 heterocycles. The lowest BCUT2D eigenvalue weighted by molar-refractivity contribution is -0.130. The number of ether oxygens (including phenoxy) is 1. The first kappa shape index (κ1) is 18.8. The van der Waals surface area contributed by atoms with E-state index in [4.69, 9.17) is 4.74 Å². The highest BCUT2D eigenvalue weighted by atomic mass is 16.5. The fourth-order valence-corrected chi connectivity index (χ4v) is 3.50. The van der Waals surface area contributed by atoms with E-state index >= 15 is 0 Å². The van der Waals surface area contributed by atoms with Gasteiger partial charge in [0.1, 0.15) is 5.69 Å². The van der Waals surface area contributed by atoms with Crippen LogP contribution in [0.3, 0.4) is 0 Å². The molecule has 0 aliphatic carbocycles. The van der Waals surface area contributed by atoms with E-state index in [1.807, 2.05) is 12.1 Å². The van der Waals surface area contributed by atoms with Crippen LogP contribution in [0.4, 0.5) is 0 Å². The molecule has 1 aromatic heterocycles. The van der Waals surface area contributed by atoms with Crippen LogP contribution >= 0.6 is 0 Å². The largest absolute Gasteiger partial charge is 0.378 e. The summed E-state index contributed by atoms with van der Waals surface area (Å²) < 4.78 is 5.31. The fourth-order valence-electron chi connectivity index (χ4n) is 3.50. The normalized spacial score (nSPS) is 21.5. The molecule has 2 fully saturated rings. The average Bonchev–Trinajstić information content (AvgIpc) is 2.68. The Kier molecular flexibility index (Phi) is 6.21. The van der Waals surface area contributed by atoms with E-state index in [1.54, 1.807) is 30.0 Å². The minimum absolute atomic E-state index is 0.0226. The second kappa shape index (κ2) is 8.60. The van der Waals surface area contributed by atoms with Crippen molar-refractivity contribution in [3.8, 4) is 0 Å². The van der Waals surface area contributed by atoms with Crippen molar-refractivity contribution in [1.82, 2.24) is 19.7 Å². The summed E-state index contributed by atoms with van der Waals surface area (Å²) in [5.74, 6) is 0.358. The number of carbonyl (C=O) groups excluding carboxylic acids is 2. The van der Waals surface area contributed by atoms with Crippen LogP contribution in [0.2, 0.25) is 0 Å². The Morgan fingerprint density at radius 3 is 2.73 bits per heavy atom. The minimum Gasteiger partial charge on any atom is -0.378 e. The lowest BCUT2D eigenvalue weighted by Crippen LogP contribution is -2.42. The number of hydrogen-bond acceptors (Lipinski definition) is 5. The molecule has 0 N–H and O–H groups in total. The molecule has 1 atom stereocenters. The molecule has 7 heteroatoms.